The highest BCUT2D eigenvalue weighted by molar-refractivity contribution is 5.99. The van der Waals surface area contributed by atoms with E-state index in [0.717, 1.165) is 42.8 Å². The van der Waals surface area contributed by atoms with E-state index in [9.17, 15) is 4.79 Å². The second kappa shape index (κ2) is 9.92. The summed E-state index contributed by atoms with van der Waals surface area (Å²) in [6.07, 6.45) is 3.82. The maximum atomic E-state index is 13.4. The Kier molecular flexibility index (Phi) is 7.29. The van der Waals surface area contributed by atoms with Crippen LogP contribution < -0.4 is 5.73 Å². The normalized spacial score (nSPS) is 15.5. The van der Waals surface area contributed by atoms with Crippen molar-refractivity contribution in [1.82, 2.24) is 14.7 Å². The zero-order valence-electron chi connectivity index (χ0n) is 17.3. The molecule has 4 rings (SSSR count). The summed E-state index contributed by atoms with van der Waals surface area (Å²) in [6.45, 7) is 4.20. The van der Waals surface area contributed by atoms with E-state index < -0.39 is 0 Å². The summed E-state index contributed by atoms with van der Waals surface area (Å²) in [4.78, 5) is 15.3. The molecule has 3 aromatic rings. The number of rotatable bonds is 5. The highest BCUT2D eigenvalue weighted by atomic mass is 35.5. The molecule has 1 aliphatic heterocycles. The molecule has 1 amide bonds. The smallest absolute Gasteiger partial charge is 0.257 e. The van der Waals surface area contributed by atoms with Gasteiger partial charge in [0.1, 0.15) is 5.69 Å². The third-order valence-electron chi connectivity index (χ3n) is 5.80. The standard InChI is InChI=1S/C24H28N4O.ClH/c1-18(25)20-12-14-27(15-13-20)24(29)22-17-28(16-19-8-4-2-5-9-19)26-23(22)21-10-6-3-7-11-21;/h2-11,17-18,20H,12-16,25H2,1H3;1H. The Morgan fingerprint density at radius 1 is 1.07 bits per heavy atom. The number of hydrogen-bond donors (Lipinski definition) is 1. The number of likely N-dealkylation sites (tertiary alicyclic amines) is 1. The molecule has 0 radical (unpaired) electrons. The largest absolute Gasteiger partial charge is 0.339 e. The van der Waals surface area contributed by atoms with Gasteiger partial charge >= 0.3 is 0 Å². The lowest BCUT2D eigenvalue weighted by Gasteiger charge is -2.33. The molecule has 1 saturated heterocycles. The van der Waals surface area contributed by atoms with Crippen molar-refractivity contribution in [2.45, 2.75) is 32.4 Å². The number of hydrogen-bond acceptors (Lipinski definition) is 3. The second-order valence-corrected chi connectivity index (χ2v) is 7.93. The van der Waals surface area contributed by atoms with Crippen molar-refractivity contribution in [2.24, 2.45) is 11.7 Å². The van der Waals surface area contributed by atoms with Crippen molar-refractivity contribution >= 4 is 18.3 Å². The predicted molar refractivity (Wildman–Crippen MR) is 123 cm³/mol. The lowest BCUT2D eigenvalue weighted by Crippen LogP contribution is -2.42. The summed E-state index contributed by atoms with van der Waals surface area (Å²) in [7, 11) is 0. The molecule has 0 spiro atoms. The molecular weight excluding hydrogens is 396 g/mol. The van der Waals surface area contributed by atoms with Gasteiger partial charge in [0.05, 0.1) is 12.1 Å². The van der Waals surface area contributed by atoms with E-state index in [1.54, 1.807) is 0 Å². The minimum absolute atomic E-state index is 0. The van der Waals surface area contributed by atoms with E-state index in [1.807, 2.05) is 64.3 Å². The predicted octanol–water partition coefficient (Wildman–Crippen LogP) is 4.22. The van der Waals surface area contributed by atoms with E-state index in [-0.39, 0.29) is 24.4 Å². The van der Waals surface area contributed by atoms with Crippen LogP contribution in [0.3, 0.4) is 0 Å². The quantitative estimate of drug-likeness (QED) is 0.666. The molecule has 158 valence electrons. The second-order valence-electron chi connectivity index (χ2n) is 7.93. The van der Waals surface area contributed by atoms with Crippen LogP contribution in [-0.4, -0.2) is 39.7 Å². The van der Waals surface area contributed by atoms with Crippen LogP contribution in [0.1, 0.15) is 35.7 Å². The average molecular weight is 425 g/mol. The van der Waals surface area contributed by atoms with Gasteiger partial charge in [0.2, 0.25) is 0 Å². The van der Waals surface area contributed by atoms with Crippen molar-refractivity contribution < 1.29 is 4.79 Å². The molecule has 1 fully saturated rings. The van der Waals surface area contributed by atoms with E-state index in [1.165, 1.54) is 0 Å². The molecule has 0 bridgehead atoms. The molecule has 1 aromatic heterocycles. The third kappa shape index (κ3) is 4.91. The van der Waals surface area contributed by atoms with Gasteiger partial charge in [-0.15, -0.1) is 12.4 Å². The molecule has 5 nitrogen and oxygen atoms in total. The number of nitrogens with zero attached hydrogens (tertiary/aromatic N) is 3. The van der Waals surface area contributed by atoms with Gasteiger partial charge in [0.15, 0.2) is 0 Å². The van der Waals surface area contributed by atoms with Crippen LogP contribution in [0.15, 0.2) is 66.9 Å². The van der Waals surface area contributed by atoms with Crippen LogP contribution in [0.2, 0.25) is 0 Å². The van der Waals surface area contributed by atoms with Gasteiger partial charge in [0, 0.05) is 30.9 Å². The zero-order valence-corrected chi connectivity index (χ0v) is 18.1. The number of carbonyl (C=O) groups is 1. The fourth-order valence-corrected chi connectivity index (χ4v) is 4.04. The molecular formula is C24H29ClN4O. The van der Waals surface area contributed by atoms with Gasteiger partial charge in [0.25, 0.3) is 5.91 Å². The minimum Gasteiger partial charge on any atom is -0.339 e. The number of benzene rings is 2. The summed E-state index contributed by atoms with van der Waals surface area (Å²) in [5.41, 5.74) is 9.61. The summed E-state index contributed by atoms with van der Waals surface area (Å²) in [5, 5.41) is 4.78. The molecule has 2 heterocycles. The van der Waals surface area contributed by atoms with Crippen LogP contribution in [0.25, 0.3) is 11.3 Å². The van der Waals surface area contributed by atoms with E-state index >= 15 is 0 Å². The van der Waals surface area contributed by atoms with Crippen LogP contribution in [0, 0.1) is 5.92 Å². The van der Waals surface area contributed by atoms with Crippen molar-refractivity contribution in [3.05, 3.63) is 78.0 Å². The number of amides is 1. The highest BCUT2D eigenvalue weighted by Crippen LogP contribution is 2.26. The minimum atomic E-state index is 0. The molecule has 30 heavy (non-hydrogen) atoms. The molecule has 6 heteroatoms. The molecule has 0 aliphatic carbocycles. The van der Waals surface area contributed by atoms with Crippen LogP contribution >= 0.6 is 12.4 Å². The fourth-order valence-electron chi connectivity index (χ4n) is 4.04. The topological polar surface area (TPSA) is 64.2 Å². The summed E-state index contributed by atoms with van der Waals surface area (Å²) < 4.78 is 1.87. The zero-order chi connectivity index (χ0) is 20.2. The molecule has 1 atom stereocenters. The molecule has 0 saturated carbocycles. The number of aromatic nitrogens is 2. The van der Waals surface area contributed by atoms with Gasteiger partial charge < -0.3 is 10.6 Å². The monoisotopic (exact) mass is 424 g/mol. The SMILES string of the molecule is CC(N)C1CCN(C(=O)c2cn(Cc3ccccc3)nc2-c2ccccc2)CC1.Cl. The summed E-state index contributed by atoms with van der Waals surface area (Å²) in [6, 6.07) is 20.3. The van der Waals surface area contributed by atoms with Gasteiger partial charge in [-0.2, -0.15) is 5.10 Å². The Bertz CT molecular complexity index is 948. The van der Waals surface area contributed by atoms with Gasteiger partial charge in [-0.25, -0.2) is 0 Å². The Morgan fingerprint density at radius 3 is 2.27 bits per heavy atom. The fraction of sp³-hybridized carbons (Fsp3) is 0.333. The molecule has 1 aliphatic rings. The van der Waals surface area contributed by atoms with Crippen molar-refractivity contribution in [3.8, 4) is 11.3 Å². The van der Waals surface area contributed by atoms with E-state index in [0.29, 0.717) is 18.0 Å². The van der Waals surface area contributed by atoms with E-state index in [4.69, 9.17) is 10.8 Å². The highest BCUT2D eigenvalue weighted by Gasteiger charge is 2.28. The first-order chi connectivity index (χ1) is 14.1. The maximum absolute atomic E-state index is 13.4. The Morgan fingerprint density at radius 2 is 1.67 bits per heavy atom. The molecule has 1 unspecified atom stereocenters. The Labute approximate surface area is 184 Å². The van der Waals surface area contributed by atoms with Crippen LogP contribution in [-0.2, 0) is 6.54 Å². The van der Waals surface area contributed by atoms with E-state index in [2.05, 4.69) is 19.1 Å². The van der Waals surface area contributed by atoms with Gasteiger partial charge in [-0.1, -0.05) is 60.7 Å². The molecule has 2 N–H and O–H groups in total. The van der Waals surface area contributed by atoms with Crippen LogP contribution in [0.4, 0.5) is 0 Å². The first-order valence-corrected chi connectivity index (χ1v) is 10.3. The summed E-state index contributed by atoms with van der Waals surface area (Å²) in [5.74, 6) is 0.555. The van der Waals surface area contributed by atoms with Crippen molar-refractivity contribution in [1.29, 1.82) is 0 Å². The number of halogens is 1. The average Bonchev–Trinajstić information content (AvgIpc) is 3.18. The number of nitrogens with two attached hydrogens (primary N) is 1. The lowest BCUT2D eigenvalue weighted by atomic mass is 9.90. The maximum Gasteiger partial charge on any atom is 0.257 e. The van der Waals surface area contributed by atoms with Crippen LogP contribution in [0.5, 0.6) is 0 Å². The number of carbonyl (C=O) groups excluding carboxylic acids is 1. The Hall–Kier alpha value is -2.63. The van der Waals surface area contributed by atoms with Crippen molar-refractivity contribution in [3.63, 3.8) is 0 Å². The lowest BCUT2D eigenvalue weighted by molar-refractivity contribution is 0.0681. The first-order valence-electron chi connectivity index (χ1n) is 10.3. The third-order valence-corrected chi connectivity index (χ3v) is 5.80. The Balaban J connectivity index is 0.00000256. The first kappa shape index (κ1) is 22.1. The van der Waals surface area contributed by atoms with Crippen molar-refractivity contribution in [2.75, 3.05) is 13.1 Å². The van der Waals surface area contributed by atoms with Gasteiger partial charge in [-0.05, 0) is 31.2 Å². The van der Waals surface area contributed by atoms with Gasteiger partial charge in [-0.3, -0.25) is 9.48 Å². The number of piperidine rings is 1. The molecule has 2 aromatic carbocycles. The summed E-state index contributed by atoms with van der Waals surface area (Å²) >= 11 is 0.